The van der Waals surface area contributed by atoms with E-state index in [0.29, 0.717) is 36.1 Å². The van der Waals surface area contributed by atoms with E-state index in [1.807, 2.05) is 0 Å². The van der Waals surface area contributed by atoms with Gasteiger partial charge >= 0.3 is 0 Å². The third-order valence-electron chi connectivity index (χ3n) is 2.57. The van der Waals surface area contributed by atoms with Crippen LogP contribution < -0.4 is 4.74 Å². The molecule has 0 atom stereocenters. The SMILES string of the molecule is Fc1cc(OCC2CC2)ccc1C#CCCCl. The molecule has 0 spiro atoms. The van der Waals surface area contributed by atoms with Crippen LogP contribution in [0.15, 0.2) is 18.2 Å². The molecular weight excluding hydrogens is 239 g/mol. The molecule has 0 N–H and O–H groups in total. The van der Waals surface area contributed by atoms with Gasteiger partial charge in [0, 0.05) is 18.4 Å². The minimum atomic E-state index is -0.333. The molecule has 1 fully saturated rings. The van der Waals surface area contributed by atoms with Crippen LogP contribution in [-0.2, 0) is 0 Å². The van der Waals surface area contributed by atoms with Gasteiger partial charge in [0.05, 0.1) is 12.2 Å². The van der Waals surface area contributed by atoms with Crippen molar-refractivity contribution in [3.8, 4) is 17.6 Å². The van der Waals surface area contributed by atoms with Crippen LogP contribution in [0.4, 0.5) is 4.39 Å². The minimum absolute atomic E-state index is 0.333. The lowest BCUT2D eigenvalue weighted by atomic mass is 10.2. The molecule has 0 amide bonds. The molecule has 17 heavy (non-hydrogen) atoms. The van der Waals surface area contributed by atoms with Gasteiger partial charge in [-0.1, -0.05) is 11.8 Å². The summed E-state index contributed by atoms with van der Waals surface area (Å²) >= 11 is 5.49. The van der Waals surface area contributed by atoms with Crippen molar-refractivity contribution in [3.05, 3.63) is 29.6 Å². The molecule has 1 saturated carbocycles. The van der Waals surface area contributed by atoms with Crippen molar-refractivity contribution in [1.82, 2.24) is 0 Å². The second kappa shape index (κ2) is 5.93. The quantitative estimate of drug-likeness (QED) is 0.588. The molecule has 1 aromatic rings. The van der Waals surface area contributed by atoms with E-state index in [2.05, 4.69) is 11.8 Å². The average Bonchev–Trinajstić information content (AvgIpc) is 3.13. The zero-order valence-corrected chi connectivity index (χ0v) is 10.3. The van der Waals surface area contributed by atoms with E-state index < -0.39 is 0 Å². The highest BCUT2D eigenvalue weighted by atomic mass is 35.5. The Bertz CT molecular complexity index is 443. The Balaban J connectivity index is 1.97. The van der Waals surface area contributed by atoms with Crippen LogP contribution in [0.5, 0.6) is 5.75 Å². The number of ether oxygens (including phenoxy) is 1. The predicted molar refractivity (Wildman–Crippen MR) is 66.8 cm³/mol. The number of hydrogen-bond donors (Lipinski definition) is 0. The first kappa shape index (κ1) is 12.3. The summed E-state index contributed by atoms with van der Waals surface area (Å²) in [5.74, 6) is 6.95. The third-order valence-corrected chi connectivity index (χ3v) is 2.75. The van der Waals surface area contributed by atoms with Gasteiger partial charge in [-0.05, 0) is 30.9 Å². The molecule has 0 unspecified atom stereocenters. The van der Waals surface area contributed by atoms with Crippen molar-refractivity contribution in [2.24, 2.45) is 5.92 Å². The van der Waals surface area contributed by atoms with Crippen molar-refractivity contribution in [3.63, 3.8) is 0 Å². The molecule has 1 aromatic carbocycles. The van der Waals surface area contributed by atoms with Gasteiger partial charge in [0.1, 0.15) is 11.6 Å². The van der Waals surface area contributed by atoms with Crippen LogP contribution in [0, 0.1) is 23.6 Å². The summed E-state index contributed by atoms with van der Waals surface area (Å²) in [6.07, 6.45) is 3.02. The van der Waals surface area contributed by atoms with E-state index in [1.165, 1.54) is 18.9 Å². The molecular formula is C14H14ClFO. The van der Waals surface area contributed by atoms with E-state index in [4.69, 9.17) is 16.3 Å². The molecule has 3 heteroatoms. The molecule has 1 nitrogen and oxygen atoms in total. The molecule has 1 aliphatic rings. The highest BCUT2D eigenvalue weighted by molar-refractivity contribution is 6.18. The first-order valence-corrected chi connectivity index (χ1v) is 6.30. The van der Waals surface area contributed by atoms with Gasteiger partial charge < -0.3 is 4.74 Å². The van der Waals surface area contributed by atoms with Gasteiger partial charge in [0.25, 0.3) is 0 Å². The number of rotatable bonds is 4. The first-order valence-electron chi connectivity index (χ1n) is 5.77. The molecule has 0 bridgehead atoms. The van der Waals surface area contributed by atoms with Crippen LogP contribution >= 0.6 is 11.6 Å². The molecule has 2 rings (SSSR count). The average molecular weight is 253 g/mol. The fraction of sp³-hybridized carbons (Fsp3) is 0.429. The monoisotopic (exact) mass is 252 g/mol. The van der Waals surface area contributed by atoms with Crippen LogP contribution in [0.1, 0.15) is 24.8 Å². The van der Waals surface area contributed by atoms with E-state index in [-0.39, 0.29) is 5.82 Å². The zero-order chi connectivity index (χ0) is 12.1. The lowest BCUT2D eigenvalue weighted by molar-refractivity contribution is 0.298. The van der Waals surface area contributed by atoms with Gasteiger partial charge in [0.2, 0.25) is 0 Å². The van der Waals surface area contributed by atoms with E-state index in [0.717, 1.165) is 0 Å². The van der Waals surface area contributed by atoms with Crippen LogP contribution in [0.25, 0.3) is 0 Å². The van der Waals surface area contributed by atoms with Gasteiger partial charge in [-0.2, -0.15) is 0 Å². The number of alkyl halides is 1. The van der Waals surface area contributed by atoms with E-state index in [9.17, 15) is 4.39 Å². The fourth-order valence-corrected chi connectivity index (χ4v) is 1.49. The summed E-state index contributed by atoms with van der Waals surface area (Å²) < 4.78 is 19.1. The van der Waals surface area contributed by atoms with Crippen molar-refractivity contribution in [2.75, 3.05) is 12.5 Å². The van der Waals surface area contributed by atoms with Crippen LogP contribution in [-0.4, -0.2) is 12.5 Å². The largest absolute Gasteiger partial charge is 0.493 e. The summed E-state index contributed by atoms with van der Waals surface area (Å²) in [6.45, 7) is 0.691. The van der Waals surface area contributed by atoms with Crippen LogP contribution in [0.3, 0.4) is 0 Å². The highest BCUT2D eigenvalue weighted by Gasteiger charge is 2.21. The van der Waals surface area contributed by atoms with E-state index >= 15 is 0 Å². The molecule has 0 aliphatic heterocycles. The Morgan fingerprint density at radius 3 is 2.88 bits per heavy atom. The van der Waals surface area contributed by atoms with Gasteiger partial charge in [-0.15, -0.1) is 11.6 Å². The Labute approximate surface area is 106 Å². The third kappa shape index (κ3) is 3.94. The standard InChI is InChI=1S/C14H14ClFO/c15-8-2-1-3-12-6-7-13(9-14(12)16)17-10-11-4-5-11/h6-7,9,11H,2,4-5,8,10H2. The molecule has 90 valence electrons. The fourth-order valence-electron chi connectivity index (χ4n) is 1.39. The molecule has 0 saturated heterocycles. The Kier molecular flexibility index (Phi) is 4.28. The second-order valence-corrected chi connectivity index (χ2v) is 4.51. The summed E-state index contributed by atoms with van der Waals surface area (Å²) in [4.78, 5) is 0. The maximum Gasteiger partial charge on any atom is 0.142 e. The summed E-state index contributed by atoms with van der Waals surface area (Å²) in [5, 5.41) is 0. The Morgan fingerprint density at radius 1 is 1.41 bits per heavy atom. The predicted octanol–water partition coefficient (Wildman–Crippen LogP) is 3.59. The first-order chi connectivity index (χ1) is 8.29. The van der Waals surface area contributed by atoms with Crippen molar-refractivity contribution < 1.29 is 9.13 Å². The lowest BCUT2D eigenvalue weighted by Gasteiger charge is -2.05. The Hall–Kier alpha value is -1.20. The maximum absolute atomic E-state index is 13.6. The number of benzene rings is 1. The topological polar surface area (TPSA) is 9.23 Å². The Morgan fingerprint density at radius 2 is 2.24 bits per heavy atom. The van der Waals surface area contributed by atoms with E-state index in [1.54, 1.807) is 12.1 Å². The highest BCUT2D eigenvalue weighted by Crippen LogP contribution is 2.29. The minimum Gasteiger partial charge on any atom is -0.493 e. The molecule has 1 aliphatic carbocycles. The summed E-state index contributed by atoms with van der Waals surface area (Å²) in [5.41, 5.74) is 0.397. The molecule has 0 radical (unpaired) electrons. The summed E-state index contributed by atoms with van der Waals surface area (Å²) in [7, 11) is 0. The normalized spacial score (nSPS) is 14.0. The van der Waals surface area contributed by atoms with Crippen molar-refractivity contribution >= 4 is 11.6 Å². The number of hydrogen-bond acceptors (Lipinski definition) is 1. The number of halogens is 2. The maximum atomic E-state index is 13.6. The van der Waals surface area contributed by atoms with Gasteiger partial charge in [-0.25, -0.2) is 4.39 Å². The van der Waals surface area contributed by atoms with Crippen LogP contribution in [0.2, 0.25) is 0 Å². The smallest absolute Gasteiger partial charge is 0.142 e. The lowest BCUT2D eigenvalue weighted by Crippen LogP contribution is -1.99. The van der Waals surface area contributed by atoms with Crippen molar-refractivity contribution in [1.29, 1.82) is 0 Å². The molecule has 0 aromatic heterocycles. The molecule has 0 heterocycles. The van der Waals surface area contributed by atoms with Gasteiger partial charge in [-0.3, -0.25) is 0 Å². The van der Waals surface area contributed by atoms with Gasteiger partial charge in [0.15, 0.2) is 0 Å². The second-order valence-electron chi connectivity index (χ2n) is 4.14. The van der Waals surface area contributed by atoms with Crippen molar-refractivity contribution in [2.45, 2.75) is 19.3 Å². The zero-order valence-electron chi connectivity index (χ0n) is 9.51. The summed E-state index contributed by atoms with van der Waals surface area (Å²) in [6, 6.07) is 4.81.